The maximum atomic E-state index is 2.31. The first-order valence-corrected chi connectivity index (χ1v) is 8.87. The first-order valence-electron chi connectivity index (χ1n) is 8.87. The smallest absolute Gasteiger partial charge is 0.0269 e. The van der Waals surface area contributed by atoms with Crippen molar-refractivity contribution in [2.45, 2.75) is 103 Å². The summed E-state index contributed by atoms with van der Waals surface area (Å²) in [6.45, 7) is 2.31. The zero-order valence-electron chi connectivity index (χ0n) is 12.7. The minimum absolute atomic E-state index is 0.835. The van der Waals surface area contributed by atoms with E-state index in [1.54, 1.807) is 38.5 Å². The lowest BCUT2D eigenvalue weighted by atomic mass is 9.66. The SMILES string of the molecule is CCCCCCCCC1CCCC12CCCCC2. The molecule has 106 valence electrons. The van der Waals surface area contributed by atoms with Crippen molar-refractivity contribution in [2.75, 3.05) is 0 Å². The third-order valence-electron chi connectivity index (χ3n) is 5.85. The van der Waals surface area contributed by atoms with Crippen molar-refractivity contribution in [2.24, 2.45) is 11.3 Å². The van der Waals surface area contributed by atoms with Gasteiger partial charge in [-0.15, -0.1) is 0 Å². The molecule has 0 aliphatic heterocycles. The largest absolute Gasteiger partial charge is 0.0654 e. The Bertz CT molecular complexity index is 212. The van der Waals surface area contributed by atoms with E-state index < -0.39 is 0 Å². The maximum absolute atomic E-state index is 2.31. The van der Waals surface area contributed by atoms with E-state index in [-0.39, 0.29) is 0 Å². The molecule has 2 aliphatic rings. The van der Waals surface area contributed by atoms with Gasteiger partial charge in [0.05, 0.1) is 0 Å². The Balaban J connectivity index is 1.65. The lowest BCUT2D eigenvalue weighted by molar-refractivity contribution is 0.119. The van der Waals surface area contributed by atoms with Gasteiger partial charge < -0.3 is 0 Å². The summed E-state index contributed by atoms with van der Waals surface area (Å²) in [5, 5.41) is 0. The van der Waals surface area contributed by atoms with E-state index in [4.69, 9.17) is 0 Å². The minimum Gasteiger partial charge on any atom is -0.0654 e. The summed E-state index contributed by atoms with van der Waals surface area (Å²) in [7, 11) is 0. The van der Waals surface area contributed by atoms with Gasteiger partial charge >= 0.3 is 0 Å². The number of hydrogen-bond donors (Lipinski definition) is 0. The normalized spacial score (nSPS) is 26.8. The Labute approximate surface area is 115 Å². The van der Waals surface area contributed by atoms with Crippen LogP contribution in [-0.4, -0.2) is 0 Å². The summed E-state index contributed by atoms with van der Waals surface area (Å²) >= 11 is 0. The van der Waals surface area contributed by atoms with Crippen molar-refractivity contribution in [3.8, 4) is 0 Å². The Morgan fingerprint density at radius 1 is 0.778 bits per heavy atom. The first kappa shape index (κ1) is 14.4. The van der Waals surface area contributed by atoms with Crippen molar-refractivity contribution < 1.29 is 0 Å². The summed E-state index contributed by atoms with van der Waals surface area (Å²) in [6, 6.07) is 0. The number of rotatable bonds is 7. The van der Waals surface area contributed by atoms with E-state index in [2.05, 4.69) is 6.92 Å². The second-order valence-corrected chi connectivity index (χ2v) is 7.07. The van der Waals surface area contributed by atoms with Crippen LogP contribution in [0.5, 0.6) is 0 Å². The van der Waals surface area contributed by atoms with Crippen molar-refractivity contribution >= 4 is 0 Å². The quantitative estimate of drug-likeness (QED) is 0.453. The van der Waals surface area contributed by atoms with Crippen LogP contribution in [0.4, 0.5) is 0 Å². The van der Waals surface area contributed by atoms with Crippen LogP contribution >= 0.6 is 0 Å². The molecule has 0 heteroatoms. The van der Waals surface area contributed by atoms with Crippen LogP contribution in [0.25, 0.3) is 0 Å². The fourth-order valence-electron chi connectivity index (χ4n) is 4.75. The Kier molecular flexibility index (Phi) is 6.05. The molecule has 0 radical (unpaired) electrons. The monoisotopic (exact) mass is 250 g/mol. The summed E-state index contributed by atoms with van der Waals surface area (Å²) in [5.74, 6) is 1.11. The van der Waals surface area contributed by atoms with Gasteiger partial charge in [-0.2, -0.15) is 0 Å². The highest BCUT2D eigenvalue weighted by Gasteiger charge is 2.42. The molecule has 0 saturated heterocycles. The number of hydrogen-bond acceptors (Lipinski definition) is 0. The predicted octanol–water partition coefficient (Wildman–Crippen LogP) is 6.49. The van der Waals surface area contributed by atoms with Gasteiger partial charge in [0.2, 0.25) is 0 Å². The van der Waals surface area contributed by atoms with Crippen molar-refractivity contribution in [3.63, 3.8) is 0 Å². The molecule has 2 fully saturated rings. The zero-order valence-corrected chi connectivity index (χ0v) is 12.7. The molecule has 1 atom stereocenters. The zero-order chi connectivity index (χ0) is 12.7. The molecule has 0 bridgehead atoms. The van der Waals surface area contributed by atoms with Crippen LogP contribution in [-0.2, 0) is 0 Å². The molecule has 1 spiro atoms. The average molecular weight is 250 g/mol. The summed E-state index contributed by atoms with van der Waals surface area (Å²) in [5.41, 5.74) is 0.835. The highest BCUT2D eigenvalue weighted by Crippen LogP contribution is 2.54. The molecule has 2 rings (SSSR count). The molecule has 0 N–H and O–H groups in total. The van der Waals surface area contributed by atoms with E-state index in [1.165, 1.54) is 57.8 Å². The van der Waals surface area contributed by atoms with Crippen LogP contribution in [0.15, 0.2) is 0 Å². The highest BCUT2D eigenvalue weighted by molar-refractivity contribution is 4.93. The number of unbranched alkanes of at least 4 members (excludes halogenated alkanes) is 5. The summed E-state index contributed by atoms with van der Waals surface area (Å²) < 4.78 is 0. The lowest BCUT2D eigenvalue weighted by Gasteiger charge is -2.39. The fourth-order valence-corrected chi connectivity index (χ4v) is 4.75. The van der Waals surface area contributed by atoms with E-state index in [9.17, 15) is 0 Å². The molecule has 2 aliphatic carbocycles. The van der Waals surface area contributed by atoms with Crippen molar-refractivity contribution in [1.82, 2.24) is 0 Å². The second-order valence-electron chi connectivity index (χ2n) is 7.07. The van der Waals surface area contributed by atoms with E-state index >= 15 is 0 Å². The third kappa shape index (κ3) is 3.75. The highest BCUT2D eigenvalue weighted by atomic mass is 14.5. The molecule has 0 heterocycles. The van der Waals surface area contributed by atoms with E-state index in [1.807, 2.05) is 0 Å². The third-order valence-corrected chi connectivity index (χ3v) is 5.85. The molecule has 0 aromatic carbocycles. The van der Waals surface area contributed by atoms with Gasteiger partial charge in [-0.05, 0) is 43.4 Å². The maximum Gasteiger partial charge on any atom is -0.0269 e. The standard InChI is InChI=1S/C18H34/c1-2-3-4-5-6-8-12-17-13-11-16-18(17)14-9-7-10-15-18/h17H,2-16H2,1H3. The predicted molar refractivity (Wildman–Crippen MR) is 80.9 cm³/mol. The lowest BCUT2D eigenvalue weighted by Crippen LogP contribution is -2.28. The van der Waals surface area contributed by atoms with Crippen LogP contribution in [0, 0.1) is 11.3 Å². The molecule has 18 heavy (non-hydrogen) atoms. The molecule has 0 amide bonds. The Morgan fingerprint density at radius 3 is 2.22 bits per heavy atom. The van der Waals surface area contributed by atoms with Gasteiger partial charge in [-0.3, -0.25) is 0 Å². The second kappa shape index (κ2) is 7.56. The molecule has 0 nitrogen and oxygen atoms in total. The summed E-state index contributed by atoms with van der Waals surface area (Å²) in [6.07, 6.45) is 22.8. The molecule has 2 saturated carbocycles. The topological polar surface area (TPSA) is 0 Å². The van der Waals surface area contributed by atoms with Gasteiger partial charge in [0, 0.05) is 0 Å². The minimum atomic E-state index is 0.835. The van der Waals surface area contributed by atoms with Crippen LogP contribution in [0.2, 0.25) is 0 Å². The molecular formula is C18H34. The van der Waals surface area contributed by atoms with Gasteiger partial charge in [-0.25, -0.2) is 0 Å². The van der Waals surface area contributed by atoms with Gasteiger partial charge in [-0.1, -0.05) is 71.1 Å². The van der Waals surface area contributed by atoms with E-state index in [0.29, 0.717) is 0 Å². The average Bonchev–Trinajstić information content (AvgIpc) is 2.77. The molecule has 0 aromatic heterocycles. The summed E-state index contributed by atoms with van der Waals surface area (Å²) in [4.78, 5) is 0. The van der Waals surface area contributed by atoms with Crippen molar-refractivity contribution in [3.05, 3.63) is 0 Å². The fraction of sp³-hybridized carbons (Fsp3) is 1.00. The first-order chi connectivity index (χ1) is 8.87. The van der Waals surface area contributed by atoms with Crippen LogP contribution in [0.1, 0.15) is 103 Å². The Morgan fingerprint density at radius 2 is 1.44 bits per heavy atom. The van der Waals surface area contributed by atoms with Crippen LogP contribution in [0.3, 0.4) is 0 Å². The van der Waals surface area contributed by atoms with Crippen LogP contribution < -0.4 is 0 Å². The van der Waals surface area contributed by atoms with Gasteiger partial charge in [0.15, 0.2) is 0 Å². The molecule has 0 aromatic rings. The van der Waals surface area contributed by atoms with Gasteiger partial charge in [0.25, 0.3) is 0 Å². The van der Waals surface area contributed by atoms with Crippen molar-refractivity contribution in [1.29, 1.82) is 0 Å². The molecular weight excluding hydrogens is 216 g/mol. The molecule has 1 unspecified atom stereocenters. The van der Waals surface area contributed by atoms with E-state index in [0.717, 1.165) is 11.3 Å². The van der Waals surface area contributed by atoms with Gasteiger partial charge in [0.1, 0.15) is 0 Å². The Hall–Kier alpha value is 0.